The number of nitrogens with one attached hydrogen (secondary N) is 3. The van der Waals surface area contributed by atoms with E-state index >= 15 is 0 Å². The first-order valence-corrected chi connectivity index (χ1v) is 13.7. The first-order valence-electron chi connectivity index (χ1n) is 13.7. The second-order valence-corrected chi connectivity index (χ2v) is 11.9. The maximum atomic E-state index is 13.9. The molecule has 2 saturated heterocycles. The second-order valence-electron chi connectivity index (χ2n) is 11.9. The standard InChI is InChI=1S/C26H34F3N5O4/c27-26(28,29)24(38)33-19(14-3-6-25(7-4-14)8-9-25)23(37)34-18-2-1-15(12-18)20(34)22(36)32-17(13-30)11-16-5-10-31-21(16)35/h14-20H,1-12H2,(H,31,35)(H,32,36)(H,33,38)/t15-,16-,17-,18+,19-,20-/m0/s1. The van der Waals surface area contributed by atoms with Crippen LogP contribution >= 0.6 is 0 Å². The van der Waals surface area contributed by atoms with Gasteiger partial charge in [-0.25, -0.2) is 0 Å². The van der Waals surface area contributed by atoms with Gasteiger partial charge in [-0.3, -0.25) is 19.2 Å². The molecule has 38 heavy (non-hydrogen) atoms. The molecule has 12 heteroatoms. The van der Waals surface area contributed by atoms with E-state index in [9.17, 15) is 37.6 Å². The predicted octanol–water partition coefficient (Wildman–Crippen LogP) is 1.92. The molecule has 4 amide bonds. The van der Waals surface area contributed by atoms with Crippen LogP contribution in [0.1, 0.15) is 70.6 Å². The smallest absolute Gasteiger partial charge is 0.356 e. The number of piperidine rings is 1. The van der Waals surface area contributed by atoms with Crippen LogP contribution in [0.5, 0.6) is 0 Å². The van der Waals surface area contributed by atoms with Gasteiger partial charge in [-0.15, -0.1) is 0 Å². The molecule has 0 aromatic heterocycles. The minimum Gasteiger partial charge on any atom is -0.356 e. The number of hydrogen-bond acceptors (Lipinski definition) is 5. The van der Waals surface area contributed by atoms with Crippen LogP contribution in [0.2, 0.25) is 0 Å². The van der Waals surface area contributed by atoms with Crippen LogP contribution in [0.3, 0.4) is 0 Å². The van der Waals surface area contributed by atoms with Crippen LogP contribution in [-0.4, -0.2) is 65.4 Å². The summed E-state index contributed by atoms with van der Waals surface area (Å²) in [6.07, 6.45) is 2.39. The van der Waals surface area contributed by atoms with Crippen molar-refractivity contribution in [2.75, 3.05) is 6.54 Å². The molecule has 2 bridgehead atoms. The summed E-state index contributed by atoms with van der Waals surface area (Å²) in [5, 5.41) is 17.0. The van der Waals surface area contributed by atoms with E-state index < -0.39 is 47.9 Å². The molecule has 0 aromatic carbocycles. The van der Waals surface area contributed by atoms with Gasteiger partial charge in [-0.1, -0.05) is 0 Å². The summed E-state index contributed by atoms with van der Waals surface area (Å²) >= 11 is 0. The third-order valence-electron chi connectivity index (χ3n) is 9.59. The van der Waals surface area contributed by atoms with Gasteiger partial charge in [0, 0.05) is 18.5 Å². The fraction of sp³-hybridized carbons (Fsp3) is 0.808. The molecule has 9 nitrogen and oxygen atoms in total. The van der Waals surface area contributed by atoms with Crippen LogP contribution in [0, 0.1) is 34.5 Å². The molecule has 3 aliphatic carbocycles. The highest BCUT2D eigenvalue weighted by Gasteiger charge is 2.55. The topological polar surface area (TPSA) is 131 Å². The summed E-state index contributed by atoms with van der Waals surface area (Å²) in [5.41, 5.74) is 0.246. The minimum absolute atomic E-state index is 0.150. The molecule has 0 radical (unpaired) electrons. The fourth-order valence-electron chi connectivity index (χ4n) is 7.23. The number of nitrogens with zero attached hydrogens (tertiary/aromatic N) is 2. The van der Waals surface area contributed by atoms with Crippen LogP contribution in [0.4, 0.5) is 13.2 Å². The number of hydrogen-bond donors (Lipinski definition) is 3. The quantitative estimate of drug-likeness (QED) is 0.457. The number of rotatable bonds is 7. The normalized spacial score (nSPS) is 31.4. The van der Waals surface area contributed by atoms with Crippen LogP contribution < -0.4 is 16.0 Å². The number of halogens is 3. The average molecular weight is 538 g/mol. The Balaban J connectivity index is 1.33. The third-order valence-corrected chi connectivity index (χ3v) is 9.59. The number of amides is 4. The summed E-state index contributed by atoms with van der Waals surface area (Å²) < 4.78 is 39.7. The first kappa shape index (κ1) is 26.8. The zero-order valence-electron chi connectivity index (χ0n) is 21.2. The zero-order valence-corrected chi connectivity index (χ0v) is 21.2. The Morgan fingerprint density at radius 3 is 2.37 bits per heavy atom. The summed E-state index contributed by atoms with van der Waals surface area (Å²) in [6.45, 7) is 0.511. The molecule has 1 spiro atoms. The largest absolute Gasteiger partial charge is 0.471 e. The van der Waals surface area contributed by atoms with Crippen molar-refractivity contribution < 1.29 is 32.3 Å². The molecule has 3 N–H and O–H groups in total. The van der Waals surface area contributed by atoms with E-state index in [1.807, 2.05) is 11.4 Å². The van der Waals surface area contributed by atoms with Gasteiger partial charge in [0.25, 0.3) is 0 Å². The molecule has 0 unspecified atom stereocenters. The Bertz CT molecular complexity index is 1030. The van der Waals surface area contributed by atoms with Crippen molar-refractivity contribution in [1.82, 2.24) is 20.9 Å². The Morgan fingerprint density at radius 2 is 1.79 bits per heavy atom. The maximum Gasteiger partial charge on any atom is 0.471 e. The fourth-order valence-corrected chi connectivity index (χ4v) is 7.23. The van der Waals surface area contributed by atoms with Gasteiger partial charge < -0.3 is 20.9 Å². The van der Waals surface area contributed by atoms with Gasteiger partial charge in [0.05, 0.1) is 6.07 Å². The van der Waals surface area contributed by atoms with Crippen LogP contribution in [0.25, 0.3) is 0 Å². The predicted molar refractivity (Wildman–Crippen MR) is 127 cm³/mol. The molecule has 6 atom stereocenters. The van der Waals surface area contributed by atoms with E-state index in [4.69, 9.17) is 0 Å². The Hall–Kier alpha value is -2.84. The van der Waals surface area contributed by atoms with E-state index in [2.05, 4.69) is 10.6 Å². The molecule has 2 aliphatic heterocycles. The van der Waals surface area contributed by atoms with Crippen LogP contribution in [0.15, 0.2) is 0 Å². The number of carbonyl (C=O) groups is 4. The van der Waals surface area contributed by atoms with Crippen molar-refractivity contribution in [3.05, 3.63) is 0 Å². The highest BCUT2D eigenvalue weighted by Crippen LogP contribution is 2.57. The highest BCUT2D eigenvalue weighted by molar-refractivity contribution is 5.94. The molecule has 2 heterocycles. The SMILES string of the molecule is N#C[C@H](C[C@@H]1CCNC1=O)NC(=O)[C@@H]1[C@H]2CC[C@H](C2)N1C(=O)[C@@H](NC(=O)C(F)(F)F)C1CCC2(CC1)CC2. The molecule has 3 saturated carbocycles. The summed E-state index contributed by atoms with van der Waals surface area (Å²) in [7, 11) is 0. The van der Waals surface area contributed by atoms with Gasteiger partial charge in [0.15, 0.2) is 0 Å². The summed E-state index contributed by atoms with van der Waals surface area (Å²) in [5.74, 6) is -4.48. The molecule has 0 aromatic rings. The number of carbonyl (C=O) groups excluding carboxylic acids is 4. The van der Waals surface area contributed by atoms with Crippen molar-refractivity contribution >= 4 is 23.6 Å². The number of nitriles is 1. The maximum absolute atomic E-state index is 13.9. The minimum atomic E-state index is -5.13. The van der Waals surface area contributed by atoms with E-state index in [1.54, 1.807) is 0 Å². The molecule has 5 rings (SSSR count). The van der Waals surface area contributed by atoms with E-state index in [1.165, 1.54) is 4.90 Å². The van der Waals surface area contributed by atoms with E-state index in [-0.39, 0.29) is 35.6 Å². The van der Waals surface area contributed by atoms with Crippen molar-refractivity contribution in [2.45, 2.75) is 101 Å². The van der Waals surface area contributed by atoms with Crippen molar-refractivity contribution in [3.8, 4) is 6.07 Å². The van der Waals surface area contributed by atoms with Gasteiger partial charge in [-0.05, 0) is 87.9 Å². The lowest BCUT2D eigenvalue weighted by Crippen LogP contribution is -2.61. The average Bonchev–Trinajstić information content (AvgIpc) is 3.20. The van der Waals surface area contributed by atoms with Gasteiger partial charge in [0.2, 0.25) is 17.7 Å². The highest BCUT2D eigenvalue weighted by atomic mass is 19.4. The Labute approximate surface area is 219 Å². The Kier molecular flexibility index (Phi) is 7.07. The van der Waals surface area contributed by atoms with Crippen molar-refractivity contribution in [3.63, 3.8) is 0 Å². The Morgan fingerprint density at radius 1 is 1.08 bits per heavy atom. The summed E-state index contributed by atoms with van der Waals surface area (Å²) in [4.78, 5) is 52.6. The lowest BCUT2D eigenvalue weighted by molar-refractivity contribution is -0.176. The zero-order chi connectivity index (χ0) is 27.2. The third kappa shape index (κ3) is 5.21. The molecule has 5 fully saturated rings. The number of alkyl halides is 3. The molecule has 208 valence electrons. The van der Waals surface area contributed by atoms with Crippen molar-refractivity contribution in [1.29, 1.82) is 5.26 Å². The van der Waals surface area contributed by atoms with E-state index in [0.717, 1.165) is 25.7 Å². The lowest BCUT2D eigenvalue weighted by atomic mass is 9.76. The first-order chi connectivity index (χ1) is 18.0. The molecular formula is C26H34F3N5O4. The number of likely N-dealkylation sites (tertiary alicyclic amines) is 1. The monoisotopic (exact) mass is 537 g/mol. The summed E-state index contributed by atoms with van der Waals surface area (Å²) in [6, 6.07) is -1.48. The van der Waals surface area contributed by atoms with E-state index in [0.29, 0.717) is 45.1 Å². The van der Waals surface area contributed by atoms with Crippen LogP contribution in [-0.2, 0) is 19.2 Å². The van der Waals surface area contributed by atoms with Gasteiger partial charge in [-0.2, -0.15) is 18.4 Å². The lowest BCUT2D eigenvalue weighted by Gasteiger charge is -2.40. The molecule has 5 aliphatic rings. The number of fused-ring (bicyclic) bond motifs is 2. The van der Waals surface area contributed by atoms with Gasteiger partial charge >= 0.3 is 12.1 Å². The second kappa shape index (κ2) is 10.0. The molecular weight excluding hydrogens is 503 g/mol. The van der Waals surface area contributed by atoms with Crippen molar-refractivity contribution in [2.24, 2.45) is 23.2 Å². The van der Waals surface area contributed by atoms with Gasteiger partial charge in [0.1, 0.15) is 18.1 Å².